The van der Waals surface area contributed by atoms with Crippen molar-refractivity contribution in [3.8, 4) is 0 Å². The first-order chi connectivity index (χ1) is 6.07. The SMILES string of the molecule is CC.COC(=O)C(N)CCS(C)=O. The van der Waals surface area contributed by atoms with Gasteiger partial charge in [0.15, 0.2) is 0 Å². The van der Waals surface area contributed by atoms with Gasteiger partial charge in [0.05, 0.1) is 7.11 Å². The Kier molecular flexibility index (Phi) is 11.2. The van der Waals surface area contributed by atoms with Crippen LogP contribution in [0.2, 0.25) is 0 Å². The molecule has 0 amide bonds. The van der Waals surface area contributed by atoms with Crippen molar-refractivity contribution in [3.05, 3.63) is 0 Å². The lowest BCUT2D eigenvalue weighted by Gasteiger charge is -2.06. The zero-order valence-corrected chi connectivity index (χ0v) is 9.52. The van der Waals surface area contributed by atoms with Crippen LogP contribution >= 0.6 is 0 Å². The lowest BCUT2D eigenvalue weighted by Crippen LogP contribution is -2.32. The fraction of sp³-hybridized carbons (Fsp3) is 0.875. The Balaban J connectivity index is 0. The summed E-state index contributed by atoms with van der Waals surface area (Å²) in [4.78, 5) is 10.7. The molecule has 2 atom stereocenters. The molecule has 0 fully saturated rings. The summed E-state index contributed by atoms with van der Waals surface area (Å²) in [6, 6.07) is -0.635. The molecule has 0 saturated carbocycles. The van der Waals surface area contributed by atoms with Gasteiger partial charge in [-0.1, -0.05) is 13.8 Å². The molecule has 0 aromatic heterocycles. The highest BCUT2D eigenvalue weighted by molar-refractivity contribution is 7.84. The second-order valence-electron chi connectivity index (χ2n) is 2.20. The molecule has 2 unspecified atom stereocenters. The molecule has 80 valence electrons. The van der Waals surface area contributed by atoms with Crippen LogP contribution < -0.4 is 5.73 Å². The van der Waals surface area contributed by atoms with Crippen LogP contribution in [-0.4, -0.2) is 35.3 Å². The van der Waals surface area contributed by atoms with Gasteiger partial charge in [-0.05, 0) is 6.42 Å². The van der Waals surface area contributed by atoms with Gasteiger partial charge in [-0.2, -0.15) is 0 Å². The van der Waals surface area contributed by atoms with Crippen molar-refractivity contribution in [3.63, 3.8) is 0 Å². The Hall–Kier alpha value is -0.420. The third-order valence-electron chi connectivity index (χ3n) is 1.22. The fourth-order valence-corrected chi connectivity index (χ4v) is 1.15. The number of carbonyl (C=O) groups is 1. The Bertz CT molecular complexity index is 161. The molecule has 0 spiro atoms. The Labute approximate surface area is 82.3 Å². The van der Waals surface area contributed by atoms with Gasteiger partial charge in [0.25, 0.3) is 0 Å². The molecule has 0 aromatic carbocycles. The van der Waals surface area contributed by atoms with E-state index in [9.17, 15) is 9.00 Å². The minimum Gasteiger partial charge on any atom is -0.468 e. The van der Waals surface area contributed by atoms with E-state index in [2.05, 4.69) is 4.74 Å². The molecule has 2 N–H and O–H groups in total. The predicted molar refractivity (Wildman–Crippen MR) is 54.9 cm³/mol. The van der Waals surface area contributed by atoms with E-state index < -0.39 is 22.8 Å². The highest BCUT2D eigenvalue weighted by atomic mass is 32.2. The summed E-state index contributed by atoms with van der Waals surface area (Å²) in [5, 5.41) is 0. The molecule has 0 saturated heterocycles. The van der Waals surface area contributed by atoms with Gasteiger partial charge in [0.1, 0.15) is 6.04 Å². The van der Waals surface area contributed by atoms with Gasteiger partial charge in [0, 0.05) is 22.8 Å². The van der Waals surface area contributed by atoms with Crippen LogP contribution in [0, 0.1) is 0 Å². The molecule has 0 aliphatic carbocycles. The molecular weight excluding hydrogens is 190 g/mol. The van der Waals surface area contributed by atoms with Crippen LogP contribution in [0.15, 0.2) is 0 Å². The molecule has 4 nitrogen and oxygen atoms in total. The van der Waals surface area contributed by atoms with E-state index in [0.29, 0.717) is 12.2 Å². The van der Waals surface area contributed by atoms with Gasteiger partial charge < -0.3 is 10.5 Å². The van der Waals surface area contributed by atoms with Crippen molar-refractivity contribution in [1.29, 1.82) is 0 Å². The average molecular weight is 209 g/mol. The maximum absolute atomic E-state index is 10.7. The molecule has 0 radical (unpaired) electrons. The van der Waals surface area contributed by atoms with Crippen LogP contribution in [0.1, 0.15) is 20.3 Å². The van der Waals surface area contributed by atoms with Crippen molar-refractivity contribution in [2.75, 3.05) is 19.1 Å². The molecule has 0 aliphatic rings. The van der Waals surface area contributed by atoms with E-state index in [4.69, 9.17) is 5.73 Å². The highest BCUT2D eigenvalue weighted by Crippen LogP contribution is 1.92. The van der Waals surface area contributed by atoms with E-state index in [0.717, 1.165) is 0 Å². The Morgan fingerprint density at radius 2 is 2.00 bits per heavy atom. The number of ether oxygens (including phenoxy) is 1. The Morgan fingerprint density at radius 3 is 2.31 bits per heavy atom. The zero-order valence-electron chi connectivity index (χ0n) is 8.70. The monoisotopic (exact) mass is 209 g/mol. The smallest absolute Gasteiger partial charge is 0.322 e. The standard InChI is InChI=1S/C6H13NO3S.C2H6/c1-10-6(8)5(7)3-4-11(2)9;1-2/h5H,3-4,7H2,1-2H3;1-2H3. The van der Waals surface area contributed by atoms with Gasteiger partial charge in [-0.15, -0.1) is 0 Å². The van der Waals surface area contributed by atoms with Crippen molar-refractivity contribution < 1.29 is 13.7 Å². The molecule has 13 heavy (non-hydrogen) atoms. The first-order valence-electron chi connectivity index (χ1n) is 4.21. The third-order valence-corrected chi connectivity index (χ3v) is 2.03. The van der Waals surface area contributed by atoms with Gasteiger partial charge in [-0.3, -0.25) is 9.00 Å². The van der Waals surface area contributed by atoms with Crippen molar-refractivity contribution in [2.45, 2.75) is 26.3 Å². The quantitative estimate of drug-likeness (QED) is 0.675. The first kappa shape index (κ1) is 15.1. The van der Waals surface area contributed by atoms with E-state index in [1.165, 1.54) is 7.11 Å². The van der Waals surface area contributed by atoms with Crippen LogP contribution in [0.4, 0.5) is 0 Å². The van der Waals surface area contributed by atoms with Crippen LogP contribution in [0.25, 0.3) is 0 Å². The lowest BCUT2D eigenvalue weighted by atomic mass is 10.2. The molecular formula is C8H19NO3S. The Morgan fingerprint density at radius 1 is 1.54 bits per heavy atom. The van der Waals surface area contributed by atoms with E-state index in [1.54, 1.807) is 6.26 Å². The van der Waals surface area contributed by atoms with Crippen LogP contribution in [-0.2, 0) is 20.3 Å². The topological polar surface area (TPSA) is 69.4 Å². The number of methoxy groups -OCH3 is 1. The molecule has 0 heterocycles. The predicted octanol–water partition coefficient (Wildman–Crippen LogP) is 0.282. The lowest BCUT2D eigenvalue weighted by molar-refractivity contribution is -0.142. The van der Waals surface area contributed by atoms with Gasteiger partial charge in [0.2, 0.25) is 0 Å². The third kappa shape index (κ3) is 9.49. The average Bonchev–Trinajstić information content (AvgIpc) is 2.16. The summed E-state index contributed by atoms with van der Waals surface area (Å²) < 4.78 is 14.9. The summed E-state index contributed by atoms with van der Waals surface area (Å²) in [7, 11) is 0.390. The van der Waals surface area contributed by atoms with Crippen LogP contribution in [0.3, 0.4) is 0 Å². The maximum Gasteiger partial charge on any atom is 0.322 e. The molecule has 0 rings (SSSR count). The minimum atomic E-state index is -0.892. The molecule has 0 aromatic rings. The van der Waals surface area contributed by atoms with Crippen molar-refractivity contribution in [2.24, 2.45) is 5.73 Å². The molecule has 5 heteroatoms. The normalized spacial score (nSPS) is 13.6. The second-order valence-corrected chi connectivity index (χ2v) is 3.75. The number of esters is 1. The summed E-state index contributed by atoms with van der Waals surface area (Å²) in [5.74, 6) is -0.00792. The van der Waals surface area contributed by atoms with Crippen molar-refractivity contribution >= 4 is 16.8 Å². The molecule has 0 bridgehead atoms. The number of hydrogen-bond acceptors (Lipinski definition) is 4. The largest absolute Gasteiger partial charge is 0.468 e. The molecule has 0 aliphatic heterocycles. The summed E-state index contributed by atoms with van der Waals surface area (Å²) in [6.07, 6.45) is 1.99. The highest BCUT2D eigenvalue weighted by Gasteiger charge is 2.13. The zero-order chi connectivity index (χ0) is 10.9. The fourth-order valence-electron chi connectivity index (χ4n) is 0.562. The number of carbonyl (C=O) groups excluding carboxylic acids is 1. The van der Waals surface area contributed by atoms with Crippen LogP contribution in [0.5, 0.6) is 0 Å². The number of rotatable bonds is 4. The number of hydrogen-bond donors (Lipinski definition) is 1. The van der Waals surface area contributed by atoms with Crippen molar-refractivity contribution in [1.82, 2.24) is 0 Å². The van der Waals surface area contributed by atoms with Gasteiger partial charge >= 0.3 is 5.97 Å². The summed E-state index contributed by atoms with van der Waals surface area (Å²) in [5.41, 5.74) is 5.37. The maximum atomic E-state index is 10.7. The van der Waals surface area contributed by atoms with E-state index >= 15 is 0 Å². The second kappa shape index (κ2) is 9.67. The van der Waals surface area contributed by atoms with Gasteiger partial charge in [-0.25, -0.2) is 0 Å². The number of nitrogens with two attached hydrogens (primary N) is 1. The van der Waals surface area contributed by atoms with E-state index in [-0.39, 0.29) is 0 Å². The summed E-state index contributed by atoms with van der Waals surface area (Å²) >= 11 is 0. The minimum absolute atomic E-state index is 0.412. The summed E-state index contributed by atoms with van der Waals surface area (Å²) in [6.45, 7) is 4.00. The van der Waals surface area contributed by atoms with E-state index in [1.807, 2.05) is 13.8 Å². The first-order valence-corrected chi connectivity index (χ1v) is 5.94.